The molecule has 1 nitrogen and oxygen atoms in total. The highest BCUT2D eigenvalue weighted by Gasteiger charge is 2.37. The van der Waals surface area contributed by atoms with Gasteiger partial charge in [-0.05, 0) is 56.5 Å². The van der Waals surface area contributed by atoms with Gasteiger partial charge in [0.25, 0.3) is 0 Å². The van der Waals surface area contributed by atoms with E-state index in [1.807, 2.05) is 0 Å². The lowest BCUT2D eigenvalue weighted by Crippen LogP contribution is -2.47. The fraction of sp³-hybridized carbons (Fsp3) is 0.625. The van der Waals surface area contributed by atoms with E-state index in [0.29, 0.717) is 10.8 Å². The van der Waals surface area contributed by atoms with E-state index >= 15 is 0 Å². The highest BCUT2D eigenvalue weighted by atomic mass is 79.9. The summed E-state index contributed by atoms with van der Waals surface area (Å²) in [5.41, 5.74) is 1.42. The lowest BCUT2D eigenvalue weighted by Gasteiger charge is -2.34. The minimum Gasteiger partial charge on any atom is -0.312 e. The Bertz CT molecular complexity index is 401. The molecule has 1 aliphatic heterocycles. The molecule has 3 heteroatoms. The summed E-state index contributed by atoms with van der Waals surface area (Å²) in [5.74, 6) is 1.32. The van der Waals surface area contributed by atoms with Gasteiger partial charge in [-0.3, -0.25) is 0 Å². The maximum Gasteiger partial charge on any atom is 0.0288 e. The summed E-state index contributed by atoms with van der Waals surface area (Å²) in [6.45, 7) is 5.80. The first-order chi connectivity index (χ1) is 9.15. The number of halogens is 1. The van der Waals surface area contributed by atoms with E-state index < -0.39 is 0 Å². The van der Waals surface area contributed by atoms with E-state index in [1.54, 1.807) is 0 Å². The Labute approximate surface area is 130 Å². The minimum atomic E-state index is 0.393. The predicted octanol–water partition coefficient (Wildman–Crippen LogP) is 4.65. The molecule has 19 heavy (non-hydrogen) atoms. The Hall–Kier alpha value is 0.01000. The molecule has 2 rings (SSSR count). The van der Waals surface area contributed by atoms with Gasteiger partial charge in [-0.1, -0.05) is 41.1 Å². The third-order valence-corrected chi connectivity index (χ3v) is 6.42. The first kappa shape index (κ1) is 15.4. The van der Waals surface area contributed by atoms with Gasteiger partial charge in [0.2, 0.25) is 0 Å². The number of rotatable bonds is 6. The van der Waals surface area contributed by atoms with Gasteiger partial charge in [-0.15, -0.1) is 0 Å². The highest BCUT2D eigenvalue weighted by molar-refractivity contribution is 9.10. The average Bonchev–Trinajstić information content (AvgIpc) is 2.84. The zero-order chi connectivity index (χ0) is 13.7. The van der Waals surface area contributed by atoms with Crippen LogP contribution in [0.15, 0.2) is 28.7 Å². The van der Waals surface area contributed by atoms with Crippen molar-refractivity contribution in [3.05, 3.63) is 34.3 Å². The van der Waals surface area contributed by atoms with Gasteiger partial charge in [0.05, 0.1) is 0 Å². The Morgan fingerprint density at radius 2 is 2.21 bits per heavy atom. The average molecular weight is 342 g/mol. The molecule has 1 aromatic carbocycles. The van der Waals surface area contributed by atoms with Gasteiger partial charge in [-0.25, -0.2) is 0 Å². The molecule has 1 aromatic rings. The topological polar surface area (TPSA) is 12.0 Å². The molecular formula is C16H24BrNS. The summed E-state index contributed by atoms with van der Waals surface area (Å²) in [6.07, 6.45) is 5.02. The van der Waals surface area contributed by atoms with Crippen molar-refractivity contribution < 1.29 is 0 Å². The highest BCUT2D eigenvalue weighted by Crippen LogP contribution is 2.41. The van der Waals surface area contributed by atoms with E-state index in [1.165, 1.54) is 35.1 Å². The van der Waals surface area contributed by atoms with Crippen LogP contribution in [0, 0.1) is 0 Å². The molecule has 0 amide bonds. The van der Waals surface area contributed by atoms with Gasteiger partial charge >= 0.3 is 0 Å². The zero-order valence-electron chi connectivity index (χ0n) is 11.9. The van der Waals surface area contributed by atoms with Crippen molar-refractivity contribution in [2.45, 2.75) is 50.3 Å². The number of hydrogen-bond acceptors (Lipinski definition) is 2. The number of nitrogens with one attached hydrogen (secondary N) is 1. The fourth-order valence-corrected chi connectivity index (χ4v) is 4.64. The second kappa shape index (κ2) is 7.14. The van der Waals surface area contributed by atoms with Crippen LogP contribution in [0.25, 0.3) is 0 Å². The molecule has 106 valence electrons. The van der Waals surface area contributed by atoms with Crippen molar-refractivity contribution in [3.63, 3.8) is 0 Å². The van der Waals surface area contributed by atoms with Gasteiger partial charge in [0.15, 0.2) is 0 Å². The molecule has 1 N–H and O–H groups in total. The fourth-order valence-electron chi connectivity index (χ4n) is 2.78. The summed E-state index contributed by atoms with van der Waals surface area (Å²) >= 11 is 5.84. The van der Waals surface area contributed by atoms with Crippen LogP contribution in [-0.2, 0) is 6.42 Å². The molecule has 1 saturated heterocycles. The summed E-state index contributed by atoms with van der Waals surface area (Å²) in [5, 5.41) is 3.79. The maximum absolute atomic E-state index is 3.79. The molecule has 0 radical (unpaired) electrons. The molecule has 0 saturated carbocycles. The Morgan fingerprint density at radius 3 is 2.84 bits per heavy atom. The molecule has 0 aromatic heterocycles. The second-order valence-corrected chi connectivity index (χ2v) is 8.05. The number of benzene rings is 1. The summed E-state index contributed by atoms with van der Waals surface area (Å²) in [4.78, 5) is 0. The third kappa shape index (κ3) is 3.99. The van der Waals surface area contributed by atoms with Crippen LogP contribution in [-0.4, -0.2) is 23.1 Å². The minimum absolute atomic E-state index is 0.393. The van der Waals surface area contributed by atoms with Crippen molar-refractivity contribution in [2.75, 3.05) is 12.3 Å². The summed E-state index contributed by atoms with van der Waals surface area (Å²) in [7, 11) is 0. The lowest BCUT2D eigenvalue weighted by atomic mass is 9.90. The van der Waals surface area contributed by atoms with Crippen molar-refractivity contribution in [1.82, 2.24) is 5.32 Å². The smallest absolute Gasteiger partial charge is 0.0288 e. The molecule has 1 aliphatic rings. The zero-order valence-corrected chi connectivity index (χ0v) is 14.3. The van der Waals surface area contributed by atoms with Crippen LogP contribution in [0.5, 0.6) is 0 Å². The Balaban J connectivity index is 2.11. The van der Waals surface area contributed by atoms with Crippen LogP contribution in [0.4, 0.5) is 0 Å². The third-order valence-electron chi connectivity index (χ3n) is 4.01. The second-order valence-electron chi connectivity index (χ2n) is 5.57. The van der Waals surface area contributed by atoms with Crippen molar-refractivity contribution in [3.8, 4) is 0 Å². The molecule has 2 unspecified atom stereocenters. The Kier molecular flexibility index (Phi) is 5.79. The predicted molar refractivity (Wildman–Crippen MR) is 90.0 cm³/mol. The van der Waals surface area contributed by atoms with Crippen molar-refractivity contribution in [1.29, 1.82) is 0 Å². The molecule has 0 aliphatic carbocycles. The van der Waals surface area contributed by atoms with E-state index in [-0.39, 0.29) is 0 Å². The van der Waals surface area contributed by atoms with Crippen molar-refractivity contribution in [2.24, 2.45) is 0 Å². The largest absolute Gasteiger partial charge is 0.312 e. The van der Waals surface area contributed by atoms with E-state index in [9.17, 15) is 0 Å². The summed E-state index contributed by atoms with van der Waals surface area (Å²) in [6, 6.07) is 9.19. The van der Waals surface area contributed by atoms with E-state index in [4.69, 9.17) is 0 Å². The van der Waals surface area contributed by atoms with E-state index in [0.717, 1.165) is 13.0 Å². The molecule has 2 atom stereocenters. The lowest BCUT2D eigenvalue weighted by molar-refractivity contribution is 0.398. The molecule has 0 spiro atoms. The van der Waals surface area contributed by atoms with Crippen LogP contribution in [0.1, 0.15) is 38.7 Å². The quantitative estimate of drug-likeness (QED) is 0.808. The Morgan fingerprint density at radius 1 is 1.42 bits per heavy atom. The van der Waals surface area contributed by atoms with E-state index in [2.05, 4.69) is 71.1 Å². The molecule has 1 heterocycles. The molecule has 1 fully saturated rings. The monoisotopic (exact) mass is 341 g/mol. The first-order valence-corrected chi connectivity index (χ1v) is 9.04. The van der Waals surface area contributed by atoms with Crippen molar-refractivity contribution >= 4 is 27.7 Å². The van der Waals surface area contributed by atoms with Gasteiger partial charge < -0.3 is 5.32 Å². The van der Waals surface area contributed by atoms with Crippen LogP contribution < -0.4 is 5.32 Å². The van der Waals surface area contributed by atoms with Crippen LogP contribution in [0.3, 0.4) is 0 Å². The van der Waals surface area contributed by atoms with Crippen LogP contribution >= 0.6 is 27.7 Å². The maximum atomic E-state index is 3.79. The molecular weight excluding hydrogens is 318 g/mol. The first-order valence-electron chi connectivity index (χ1n) is 7.26. The molecule has 0 bridgehead atoms. The van der Waals surface area contributed by atoms with Gasteiger partial charge in [-0.2, -0.15) is 11.8 Å². The number of thioether (sulfide) groups is 1. The standard InChI is InChI=1S/C16H24BrNS/c1-3-10-18-15(16(2)9-6-11-19-16)12-13-7-4-5-8-14(13)17/h4-5,7-8,15,18H,3,6,9-12H2,1-2H3. The van der Waals surface area contributed by atoms with Gasteiger partial charge in [0.1, 0.15) is 0 Å². The van der Waals surface area contributed by atoms with Gasteiger partial charge in [0, 0.05) is 15.3 Å². The normalized spacial score (nSPS) is 24.6. The SMILES string of the molecule is CCCNC(Cc1ccccc1Br)C1(C)CCCS1. The summed E-state index contributed by atoms with van der Waals surface area (Å²) < 4.78 is 1.63. The number of hydrogen-bond donors (Lipinski definition) is 1. The van der Waals surface area contributed by atoms with Crippen LogP contribution in [0.2, 0.25) is 0 Å².